The van der Waals surface area contributed by atoms with Crippen molar-refractivity contribution < 1.29 is 31.9 Å². The number of anilines is 2. The molecule has 0 aliphatic carbocycles. The Morgan fingerprint density at radius 2 is 1.68 bits per heavy atom. The fourth-order valence-electron chi connectivity index (χ4n) is 4.65. The number of nitrogens with one attached hydrogen (secondary N) is 2. The summed E-state index contributed by atoms with van der Waals surface area (Å²) in [6, 6.07) is 18.5. The molecule has 9 nitrogen and oxygen atoms in total. The molecule has 4 rings (SSSR count). The van der Waals surface area contributed by atoms with Gasteiger partial charge in [-0.1, -0.05) is 30.3 Å². The van der Waals surface area contributed by atoms with Crippen molar-refractivity contribution in [3.63, 3.8) is 0 Å². The number of likely N-dealkylation sites (tertiary alicyclic amines) is 1. The first-order chi connectivity index (χ1) is 19.6. The standard InChI is InChI=1S/C29H31ClFN3O6S/c1-39-26-18-24(11-12-27(26)41(30,37)38)33-28(35)25(32-23-9-7-22(31)8-10-23)17-20-13-15-34(16-14-20)29(36)40-19-21-5-3-2-4-6-21/h2-12,18,20,25,32H,13-17,19H2,1H3,(H,33,35)/t25-/m0/s1. The Labute approximate surface area is 243 Å². The van der Waals surface area contributed by atoms with E-state index in [9.17, 15) is 22.4 Å². The van der Waals surface area contributed by atoms with Gasteiger partial charge in [0.05, 0.1) is 7.11 Å². The maximum Gasteiger partial charge on any atom is 0.410 e. The van der Waals surface area contributed by atoms with E-state index in [2.05, 4.69) is 10.6 Å². The van der Waals surface area contributed by atoms with Crippen LogP contribution < -0.4 is 15.4 Å². The second kappa shape index (κ2) is 13.7. The lowest BCUT2D eigenvalue weighted by molar-refractivity contribution is -0.117. The molecular formula is C29H31ClFN3O6S. The Kier molecular flexibility index (Phi) is 10.1. The SMILES string of the molecule is COc1cc(NC(=O)[C@H](CC2CCN(C(=O)OCc3ccccc3)CC2)Nc2ccc(F)cc2)ccc1S(=O)(=O)Cl. The second-order valence-corrected chi connectivity index (χ2v) is 12.2. The summed E-state index contributed by atoms with van der Waals surface area (Å²) in [6.07, 6.45) is 1.42. The van der Waals surface area contributed by atoms with Crippen molar-refractivity contribution in [3.8, 4) is 5.75 Å². The average molecular weight is 604 g/mol. The van der Waals surface area contributed by atoms with Crippen LogP contribution in [0.4, 0.5) is 20.6 Å². The van der Waals surface area contributed by atoms with E-state index in [4.69, 9.17) is 20.2 Å². The molecule has 1 heterocycles. The van der Waals surface area contributed by atoms with Gasteiger partial charge in [0.1, 0.15) is 29.1 Å². The summed E-state index contributed by atoms with van der Waals surface area (Å²) >= 11 is 0. The molecule has 0 saturated carbocycles. The van der Waals surface area contributed by atoms with Gasteiger partial charge < -0.3 is 25.0 Å². The Morgan fingerprint density at radius 1 is 1.02 bits per heavy atom. The van der Waals surface area contributed by atoms with Crippen molar-refractivity contribution >= 4 is 43.1 Å². The zero-order valence-electron chi connectivity index (χ0n) is 22.4. The molecule has 1 aliphatic heterocycles. The van der Waals surface area contributed by atoms with Gasteiger partial charge in [-0.25, -0.2) is 17.6 Å². The Bertz CT molecular complexity index is 1450. The number of halogens is 2. The third-order valence-corrected chi connectivity index (χ3v) is 8.20. The van der Waals surface area contributed by atoms with Crippen LogP contribution in [-0.4, -0.2) is 51.6 Å². The minimum Gasteiger partial charge on any atom is -0.495 e. The van der Waals surface area contributed by atoms with Gasteiger partial charge >= 0.3 is 6.09 Å². The second-order valence-electron chi connectivity index (χ2n) is 9.70. The van der Waals surface area contributed by atoms with E-state index in [1.807, 2.05) is 30.3 Å². The maximum atomic E-state index is 13.5. The predicted octanol–water partition coefficient (Wildman–Crippen LogP) is 5.62. The van der Waals surface area contributed by atoms with Gasteiger partial charge in [0.2, 0.25) is 5.91 Å². The minimum absolute atomic E-state index is 0.00707. The molecule has 0 unspecified atom stereocenters. The van der Waals surface area contributed by atoms with Crippen LogP contribution in [0.15, 0.2) is 77.7 Å². The van der Waals surface area contributed by atoms with Crippen molar-refractivity contribution in [1.82, 2.24) is 4.90 Å². The van der Waals surface area contributed by atoms with E-state index in [-0.39, 0.29) is 35.2 Å². The molecule has 1 saturated heterocycles. The number of rotatable bonds is 10. The molecule has 3 aromatic carbocycles. The van der Waals surface area contributed by atoms with Gasteiger partial charge in [-0.3, -0.25) is 4.79 Å². The van der Waals surface area contributed by atoms with Crippen molar-refractivity contribution in [2.45, 2.75) is 36.8 Å². The summed E-state index contributed by atoms with van der Waals surface area (Å²) in [5, 5.41) is 5.98. The van der Waals surface area contributed by atoms with Crippen LogP contribution in [0.2, 0.25) is 0 Å². The maximum absolute atomic E-state index is 13.5. The highest BCUT2D eigenvalue weighted by molar-refractivity contribution is 8.13. The molecule has 2 N–H and O–H groups in total. The van der Waals surface area contributed by atoms with Gasteiger partial charge in [0.15, 0.2) is 0 Å². The van der Waals surface area contributed by atoms with Crippen LogP contribution in [0.5, 0.6) is 5.75 Å². The number of benzene rings is 3. The Balaban J connectivity index is 1.40. The number of hydrogen-bond donors (Lipinski definition) is 2. The number of amides is 2. The minimum atomic E-state index is -4.04. The number of ether oxygens (including phenoxy) is 2. The number of carbonyl (C=O) groups excluding carboxylic acids is 2. The van der Waals surface area contributed by atoms with Crippen molar-refractivity contribution in [2.24, 2.45) is 5.92 Å². The van der Waals surface area contributed by atoms with E-state index in [0.29, 0.717) is 43.7 Å². The number of carbonyl (C=O) groups is 2. The largest absolute Gasteiger partial charge is 0.495 e. The topological polar surface area (TPSA) is 114 Å². The number of hydrogen-bond acceptors (Lipinski definition) is 7. The molecule has 0 radical (unpaired) electrons. The molecule has 41 heavy (non-hydrogen) atoms. The molecule has 1 aliphatic rings. The highest BCUT2D eigenvalue weighted by atomic mass is 35.7. The normalized spacial score (nSPS) is 14.7. The first-order valence-electron chi connectivity index (χ1n) is 13.0. The lowest BCUT2D eigenvalue weighted by Gasteiger charge is -2.33. The Hall–Kier alpha value is -3.83. The van der Waals surface area contributed by atoms with Crippen molar-refractivity contribution in [1.29, 1.82) is 0 Å². The molecular weight excluding hydrogens is 573 g/mol. The molecule has 218 valence electrons. The van der Waals surface area contributed by atoms with Gasteiger partial charge in [-0.15, -0.1) is 0 Å². The van der Waals surface area contributed by atoms with Crippen LogP contribution in [-0.2, 0) is 25.2 Å². The number of piperidine rings is 1. The third kappa shape index (κ3) is 8.58. The number of methoxy groups -OCH3 is 1. The molecule has 1 atom stereocenters. The summed E-state index contributed by atoms with van der Waals surface area (Å²) in [5.74, 6) is -0.658. The van der Waals surface area contributed by atoms with Crippen molar-refractivity contribution in [2.75, 3.05) is 30.8 Å². The lowest BCUT2D eigenvalue weighted by atomic mass is 9.89. The zero-order valence-corrected chi connectivity index (χ0v) is 24.0. The van der Waals surface area contributed by atoms with Gasteiger partial charge in [0.25, 0.3) is 9.05 Å². The summed E-state index contributed by atoms with van der Waals surface area (Å²) in [6.45, 7) is 1.19. The molecule has 12 heteroatoms. The van der Waals surface area contributed by atoms with E-state index in [0.717, 1.165) is 5.56 Å². The van der Waals surface area contributed by atoms with E-state index in [1.54, 1.807) is 17.0 Å². The molecule has 3 aromatic rings. The summed E-state index contributed by atoms with van der Waals surface area (Å²) < 4.78 is 47.7. The van der Waals surface area contributed by atoms with Crippen LogP contribution >= 0.6 is 10.7 Å². The molecule has 0 bridgehead atoms. The third-order valence-electron chi connectivity index (χ3n) is 6.84. The quantitative estimate of drug-likeness (QED) is 0.289. The van der Waals surface area contributed by atoms with E-state index >= 15 is 0 Å². The smallest absolute Gasteiger partial charge is 0.410 e. The summed E-state index contributed by atoms with van der Waals surface area (Å²) in [7, 11) is 2.73. The first-order valence-corrected chi connectivity index (χ1v) is 15.3. The monoisotopic (exact) mass is 603 g/mol. The van der Waals surface area contributed by atoms with E-state index in [1.165, 1.54) is 37.4 Å². The predicted molar refractivity (Wildman–Crippen MR) is 154 cm³/mol. The summed E-state index contributed by atoms with van der Waals surface area (Å²) in [5.41, 5.74) is 1.79. The first kappa shape index (κ1) is 30.1. The van der Waals surface area contributed by atoms with Crippen LogP contribution in [0.1, 0.15) is 24.8 Å². The molecule has 0 aromatic heterocycles. The van der Waals surface area contributed by atoms with Crippen LogP contribution in [0, 0.1) is 11.7 Å². The van der Waals surface area contributed by atoms with Crippen LogP contribution in [0.3, 0.4) is 0 Å². The van der Waals surface area contributed by atoms with E-state index < -0.39 is 20.9 Å². The molecule has 0 spiro atoms. The van der Waals surface area contributed by atoms with Gasteiger partial charge in [-0.05, 0) is 67.1 Å². The zero-order chi connectivity index (χ0) is 29.4. The summed E-state index contributed by atoms with van der Waals surface area (Å²) in [4.78, 5) is 27.4. The van der Waals surface area contributed by atoms with Gasteiger partial charge in [0, 0.05) is 41.2 Å². The fraction of sp³-hybridized carbons (Fsp3) is 0.310. The lowest BCUT2D eigenvalue weighted by Crippen LogP contribution is -2.42. The van der Waals surface area contributed by atoms with Gasteiger partial charge in [-0.2, -0.15) is 0 Å². The highest BCUT2D eigenvalue weighted by Crippen LogP contribution is 2.30. The van der Waals surface area contributed by atoms with Crippen molar-refractivity contribution in [3.05, 3.63) is 84.2 Å². The fourth-order valence-corrected chi connectivity index (χ4v) is 5.65. The number of nitrogens with zero attached hydrogens (tertiary/aromatic N) is 1. The average Bonchev–Trinajstić information content (AvgIpc) is 2.97. The Morgan fingerprint density at radius 3 is 2.32 bits per heavy atom. The molecule has 2 amide bonds. The van der Waals surface area contributed by atoms with Crippen LogP contribution in [0.25, 0.3) is 0 Å². The highest BCUT2D eigenvalue weighted by Gasteiger charge is 2.29. The molecule has 1 fully saturated rings.